The van der Waals surface area contributed by atoms with Crippen molar-refractivity contribution in [3.63, 3.8) is 0 Å². The van der Waals surface area contributed by atoms with Crippen molar-refractivity contribution in [3.8, 4) is 0 Å². The van der Waals surface area contributed by atoms with Crippen LogP contribution in [0.4, 0.5) is 0 Å². The van der Waals surface area contributed by atoms with Crippen LogP contribution in [-0.4, -0.2) is 11.7 Å². The molecule has 1 aliphatic carbocycles. The summed E-state index contributed by atoms with van der Waals surface area (Å²) in [6.07, 6.45) is 2.51. The molecule has 1 N–H and O–H groups in total. The van der Waals surface area contributed by atoms with Crippen LogP contribution in [0.1, 0.15) is 33.6 Å². The average molecular weight is 142 g/mol. The first-order chi connectivity index (χ1) is 4.58. The Hall–Kier alpha value is -0.0400. The smallest absolute Gasteiger partial charge is 0.0464 e. The lowest BCUT2D eigenvalue weighted by Crippen LogP contribution is -2.04. The highest BCUT2D eigenvalue weighted by Gasteiger charge is 2.48. The third-order valence-electron chi connectivity index (χ3n) is 2.63. The lowest BCUT2D eigenvalue weighted by atomic mass is 9.94. The number of hydrogen-bond acceptors (Lipinski definition) is 1. The van der Waals surface area contributed by atoms with E-state index in [9.17, 15) is 0 Å². The molecule has 2 unspecified atom stereocenters. The van der Waals surface area contributed by atoms with E-state index in [1.54, 1.807) is 0 Å². The van der Waals surface area contributed by atoms with Crippen LogP contribution in [0.15, 0.2) is 0 Å². The zero-order valence-electron chi connectivity index (χ0n) is 7.22. The van der Waals surface area contributed by atoms with Gasteiger partial charge in [-0.15, -0.1) is 0 Å². The van der Waals surface area contributed by atoms with E-state index in [1.807, 2.05) is 0 Å². The average Bonchev–Trinajstić information content (AvgIpc) is 2.39. The van der Waals surface area contributed by atoms with Crippen molar-refractivity contribution in [2.24, 2.45) is 17.3 Å². The van der Waals surface area contributed by atoms with E-state index in [2.05, 4.69) is 20.8 Å². The van der Waals surface area contributed by atoms with E-state index in [0.29, 0.717) is 17.9 Å². The highest BCUT2D eigenvalue weighted by molar-refractivity contribution is 4.98. The topological polar surface area (TPSA) is 20.2 Å². The lowest BCUT2D eigenvalue weighted by molar-refractivity contribution is 0.243. The van der Waals surface area contributed by atoms with Crippen LogP contribution in [0.5, 0.6) is 0 Å². The molecule has 0 bridgehead atoms. The lowest BCUT2D eigenvalue weighted by Gasteiger charge is -2.12. The highest BCUT2D eigenvalue weighted by atomic mass is 16.3. The van der Waals surface area contributed by atoms with Gasteiger partial charge in [0.2, 0.25) is 0 Å². The summed E-state index contributed by atoms with van der Waals surface area (Å²) >= 11 is 0. The number of rotatable bonds is 3. The SMILES string of the molecule is CC(C)CC1(C)CC1CO. The van der Waals surface area contributed by atoms with Gasteiger partial charge in [0.25, 0.3) is 0 Å². The molecule has 0 aliphatic heterocycles. The summed E-state index contributed by atoms with van der Waals surface area (Å²) in [7, 11) is 0. The summed E-state index contributed by atoms with van der Waals surface area (Å²) in [5.41, 5.74) is 0.489. The highest BCUT2D eigenvalue weighted by Crippen LogP contribution is 2.55. The van der Waals surface area contributed by atoms with Crippen LogP contribution in [0.2, 0.25) is 0 Å². The molecule has 0 aromatic rings. The predicted molar refractivity (Wildman–Crippen MR) is 42.8 cm³/mol. The maximum atomic E-state index is 8.85. The number of aliphatic hydroxyl groups excluding tert-OH is 1. The Balaban J connectivity index is 2.29. The van der Waals surface area contributed by atoms with E-state index in [4.69, 9.17) is 5.11 Å². The van der Waals surface area contributed by atoms with Gasteiger partial charge in [-0.25, -0.2) is 0 Å². The molecule has 0 radical (unpaired) electrons. The second-order valence-electron chi connectivity index (χ2n) is 4.34. The standard InChI is InChI=1S/C9H18O/c1-7(2)4-9(3)5-8(9)6-10/h7-8,10H,4-6H2,1-3H3. The van der Waals surface area contributed by atoms with Crippen molar-refractivity contribution >= 4 is 0 Å². The van der Waals surface area contributed by atoms with Gasteiger partial charge in [0.05, 0.1) is 0 Å². The molecule has 0 spiro atoms. The van der Waals surface area contributed by atoms with Crippen molar-refractivity contribution < 1.29 is 5.11 Å². The maximum Gasteiger partial charge on any atom is 0.0464 e. The molecule has 0 heterocycles. The molecule has 1 rings (SSSR count). The second kappa shape index (κ2) is 2.54. The molecular weight excluding hydrogens is 124 g/mol. The third-order valence-corrected chi connectivity index (χ3v) is 2.63. The van der Waals surface area contributed by atoms with Gasteiger partial charge in [-0.05, 0) is 30.1 Å². The minimum atomic E-state index is 0.392. The van der Waals surface area contributed by atoms with Crippen molar-refractivity contribution in [3.05, 3.63) is 0 Å². The molecule has 2 atom stereocenters. The Morgan fingerprint density at radius 1 is 1.60 bits per heavy atom. The maximum absolute atomic E-state index is 8.85. The molecule has 1 saturated carbocycles. The molecule has 10 heavy (non-hydrogen) atoms. The first-order valence-electron chi connectivity index (χ1n) is 4.19. The molecule has 1 heteroatoms. The fourth-order valence-corrected chi connectivity index (χ4v) is 1.97. The van der Waals surface area contributed by atoms with Crippen LogP contribution >= 0.6 is 0 Å². The molecule has 0 amide bonds. The summed E-state index contributed by atoms with van der Waals surface area (Å²) in [6, 6.07) is 0. The molecule has 0 aromatic carbocycles. The molecule has 0 saturated heterocycles. The zero-order chi connectivity index (χ0) is 7.78. The van der Waals surface area contributed by atoms with Gasteiger partial charge >= 0.3 is 0 Å². The van der Waals surface area contributed by atoms with Crippen LogP contribution in [-0.2, 0) is 0 Å². The Labute approximate surface area is 63.4 Å². The van der Waals surface area contributed by atoms with Gasteiger partial charge in [0, 0.05) is 6.61 Å². The van der Waals surface area contributed by atoms with E-state index < -0.39 is 0 Å². The largest absolute Gasteiger partial charge is 0.396 e. The van der Waals surface area contributed by atoms with Crippen LogP contribution in [0.25, 0.3) is 0 Å². The molecule has 1 fully saturated rings. The van der Waals surface area contributed by atoms with E-state index in [1.165, 1.54) is 12.8 Å². The van der Waals surface area contributed by atoms with E-state index in [0.717, 1.165) is 5.92 Å². The zero-order valence-corrected chi connectivity index (χ0v) is 7.22. The monoisotopic (exact) mass is 142 g/mol. The third kappa shape index (κ3) is 1.51. The predicted octanol–water partition coefficient (Wildman–Crippen LogP) is 2.05. The fraction of sp³-hybridized carbons (Fsp3) is 1.00. The normalized spacial score (nSPS) is 38.7. The van der Waals surface area contributed by atoms with Crippen molar-refractivity contribution in [1.29, 1.82) is 0 Å². The molecule has 1 nitrogen and oxygen atoms in total. The van der Waals surface area contributed by atoms with Gasteiger partial charge in [-0.3, -0.25) is 0 Å². The quantitative estimate of drug-likeness (QED) is 0.639. The number of hydrogen-bond donors (Lipinski definition) is 1. The summed E-state index contributed by atoms with van der Waals surface area (Å²) < 4.78 is 0. The first-order valence-corrected chi connectivity index (χ1v) is 4.19. The van der Waals surface area contributed by atoms with E-state index >= 15 is 0 Å². The molecule has 1 aliphatic rings. The van der Waals surface area contributed by atoms with Gasteiger partial charge in [-0.2, -0.15) is 0 Å². The summed E-state index contributed by atoms with van der Waals surface area (Å²) in [5, 5.41) is 8.85. The van der Waals surface area contributed by atoms with Crippen molar-refractivity contribution in [2.45, 2.75) is 33.6 Å². The Morgan fingerprint density at radius 2 is 2.20 bits per heavy atom. The van der Waals surface area contributed by atoms with Gasteiger partial charge in [0.15, 0.2) is 0 Å². The number of aliphatic hydroxyl groups is 1. The second-order valence-corrected chi connectivity index (χ2v) is 4.34. The molecular formula is C9H18O. The van der Waals surface area contributed by atoms with Gasteiger partial charge < -0.3 is 5.11 Å². The summed E-state index contributed by atoms with van der Waals surface area (Å²) in [5.74, 6) is 1.39. The molecule has 0 aromatic heterocycles. The minimum Gasteiger partial charge on any atom is -0.396 e. The molecule has 60 valence electrons. The van der Waals surface area contributed by atoms with Crippen LogP contribution in [0.3, 0.4) is 0 Å². The summed E-state index contributed by atoms with van der Waals surface area (Å²) in [6.45, 7) is 7.17. The first kappa shape index (κ1) is 8.06. The fourth-order valence-electron chi connectivity index (χ4n) is 1.97. The van der Waals surface area contributed by atoms with Gasteiger partial charge in [0.1, 0.15) is 0 Å². The Kier molecular flexibility index (Phi) is 2.04. The van der Waals surface area contributed by atoms with Crippen LogP contribution in [0, 0.1) is 17.3 Å². The minimum absolute atomic E-state index is 0.392. The Morgan fingerprint density at radius 3 is 2.50 bits per heavy atom. The van der Waals surface area contributed by atoms with Crippen LogP contribution < -0.4 is 0 Å². The van der Waals surface area contributed by atoms with Crippen molar-refractivity contribution in [1.82, 2.24) is 0 Å². The van der Waals surface area contributed by atoms with Gasteiger partial charge in [-0.1, -0.05) is 20.8 Å². The van der Waals surface area contributed by atoms with Crippen molar-refractivity contribution in [2.75, 3.05) is 6.61 Å². The summed E-state index contributed by atoms with van der Waals surface area (Å²) in [4.78, 5) is 0. The van der Waals surface area contributed by atoms with E-state index in [-0.39, 0.29) is 0 Å². The Bertz CT molecular complexity index is 120.